The molecule has 6 nitrogen and oxygen atoms in total. The fourth-order valence-corrected chi connectivity index (χ4v) is 1.95. The highest BCUT2D eigenvalue weighted by Gasteiger charge is 2.22. The van der Waals surface area contributed by atoms with Crippen LogP contribution >= 0.6 is 0 Å². The van der Waals surface area contributed by atoms with Crippen LogP contribution in [0.3, 0.4) is 0 Å². The predicted octanol–water partition coefficient (Wildman–Crippen LogP) is 2.51. The van der Waals surface area contributed by atoms with Crippen LogP contribution in [-0.2, 0) is 0 Å². The summed E-state index contributed by atoms with van der Waals surface area (Å²) in [6, 6.07) is 8.74. The molecule has 0 saturated heterocycles. The topological polar surface area (TPSA) is 84.0 Å². The summed E-state index contributed by atoms with van der Waals surface area (Å²) in [4.78, 5) is 31.7. The molecule has 6 heteroatoms. The molecule has 1 aliphatic carbocycles. The van der Waals surface area contributed by atoms with Gasteiger partial charge in [0.2, 0.25) is 5.95 Å². The third kappa shape index (κ3) is 3.46. The average Bonchev–Trinajstić information content (AvgIpc) is 3.32. The lowest BCUT2D eigenvalue weighted by molar-refractivity contribution is 0.101. The molecule has 2 aromatic rings. The van der Waals surface area contributed by atoms with E-state index in [0.717, 1.165) is 12.8 Å². The third-order valence-electron chi connectivity index (χ3n) is 3.35. The second-order valence-corrected chi connectivity index (χ2v) is 5.27. The predicted molar refractivity (Wildman–Crippen MR) is 83.1 cm³/mol. The second-order valence-electron chi connectivity index (χ2n) is 5.27. The largest absolute Gasteiger partial charge is 0.351 e. The van der Waals surface area contributed by atoms with Crippen molar-refractivity contribution in [2.24, 2.45) is 0 Å². The lowest BCUT2D eigenvalue weighted by atomic mass is 10.1. The number of amides is 1. The van der Waals surface area contributed by atoms with Crippen molar-refractivity contribution in [2.45, 2.75) is 25.8 Å². The Labute approximate surface area is 128 Å². The maximum atomic E-state index is 12.2. The van der Waals surface area contributed by atoms with Gasteiger partial charge in [0.1, 0.15) is 5.69 Å². The Kier molecular flexibility index (Phi) is 3.82. The molecule has 1 fully saturated rings. The van der Waals surface area contributed by atoms with Crippen LogP contribution < -0.4 is 10.6 Å². The average molecular weight is 296 g/mol. The van der Waals surface area contributed by atoms with Crippen molar-refractivity contribution in [1.29, 1.82) is 0 Å². The minimum absolute atomic E-state index is 0.00975. The van der Waals surface area contributed by atoms with Crippen LogP contribution in [0.2, 0.25) is 0 Å². The molecule has 112 valence electrons. The molecule has 0 radical (unpaired) electrons. The fourth-order valence-electron chi connectivity index (χ4n) is 1.95. The van der Waals surface area contributed by atoms with Crippen molar-refractivity contribution in [3.8, 4) is 0 Å². The SMILES string of the molecule is CC(=O)c1ccc(NC(=O)c2ccnc(NC3CC3)n2)cc1. The number of hydrogen-bond donors (Lipinski definition) is 2. The van der Waals surface area contributed by atoms with Crippen molar-refractivity contribution in [3.63, 3.8) is 0 Å². The van der Waals surface area contributed by atoms with Crippen molar-refractivity contribution >= 4 is 23.3 Å². The smallest absolute Gasteiger partial charge is 0.274 e. The monoisotopic (exact) mass is 296 g/mol. The summed E-state index contributed by atoms with van der Waals surface area (Å²) in [5, 5.41) is 5.91. The van der Waals surface area contributed by atoms with Crippen molar-refractivity contribution in [2.75, 3.05) is 10.6 Å². The fraction of sp³-hybridized carbons (Fsp3) is 0.250. The molecule has 0 aliphatic heterocycles. The number of carbonyl (C=O) groups is 2. The maximum absolute atomic E-state index is 12.2. The van der Waals surface area contributed by atoms with Crippen LogP contribution in [0.25, 0.3) is 0 Å². The third-order valence-corrected chi connectivity index (χ3v) is 3.35. The van der Waals surface area contributed by atoms with E-state index in [1.807, 2.05) is 0 Å². The van der Waals surface area contributed by atoms with E-state index in [9.17, 15) is 9.59 Å². The number of anilines is 2. The zero-order chi connectivity index (χ0) is 15.5. The van der Waals surface area contributed by atoms with Crippen LogP contribution in [0.5, 0.6) is 0 Å². The van der Waals surface area contributed by atoms with E-state index in [4.69, 9.17) is 0 Å². The normalized spacial score (nSPS) is 13.5. The summed E-state index contributed by atoms with van der Waals surface area (Å²) >= 11 is 0. The Balaban J connectivity index is 1.69. The van der Waals surface area contributed by atoms with Gasteiger partial charge < -0.3 is 10.6 Å². The van der Waals surface area contributed by atoms with E-state index in [-0.39, 0.29) is 11.7 Å². The van der Waals surface area contributed by atoms with Crippen LogP contribution in [-0.4, -0.2) is 27.7 Å². The number of aromatic nitrogens is 2. The number of nitrogens with zero attached hydrogens (tertiary/aromatic N) is 2. The van der Waals surface area contributed by atoms with Gasteiger partial charge in [0.25, 0.3) is 5.91 Å². The van der Waals surface area contributed by atoms with Gasteiger partial charge >= 0.3 is 0 Å². The molecular weight excluding hydrogens is 280 g/mol. The lowest BCUT2D eigenvalue weighted by Gasteiger charge is -2.07. The Hall–Kier alpha value is -2.76. The van der Waals surface area contributed by atoms with Gasteiger partial charge in [-0.2, -0.15) is 0 Å². The van der Waals surface area contributed by atoms with E-state index in [0.29, 0.717) is 28.9 Å². The number of carbonyl (C=O) groups excluding carboxylic acids is 2. The Morgan fingerprint density at radius 1 is 1.14 bits per heavy atom. The molecular formula is C16H16N4O2. The standard InChI is InChI=1S/C16H16N4O2/c1-10(21)11-2-4-12(5-3-11)18-15(22)14-8-9-17-16(20-14)19-13-6-7-13/h2-5,8-9,13H,6-7H2,1H3,(H,18,22)(H,17,19,20). The number of rotatable bonds is 5. The van der Waals surface area contributed by atoms with Crippen LogP contribution in [0.4, 0.5) is 11.6 Å². The molecule has 0 atom stereocenters. The van der Waals surface area contributed by atoms with Crippen LogP contribution in [0.15, 0.2) is 36.5 Å². The molecule has 0 bridgehead atoms. The van der Waals surface area contributed by atoms with Gasteiger partial charge in [-0.15, -0.1) is 0 Å². The molecule has 22 heavy (non-hydrogen) atoms. The van der Waals surface area contributed by atoms with E-state index in [2.05, 4.69) is 20.6 Å². The summed E-state index contributed by atoms with van der Waals surface area (Å²) in [7, 11) is 0. The Bertz CT molecular complexity index is 708. The maximum Gasteiger partial charge on any atom is 0.274 e. The van der Waals surface area contributed by atoms with Crippen molar-refractivity contribution in [3.05, 3.63) is 47.8 Å². The summed E-state index contributed by atoms with van der Waals surface area (Å²) in [6.07, 6.45) is 3.79. The molecule has 1 heterocycles. The minimum Gasteiger partial charge on any atom is -0.351 e. The van der Waals surface area contributed by atoms with Gasteiger partial charge in [0.15, 0.2) is 5.78 Å². The number of benzene rings is 1. The van der Waals surface area contributed by atoms with Crippen LogP contribution in [0.1, 0.15) is 40.6 Å². The van der Waals surface area contributed by atoms with Gasteiger partial charge in [-0.3, -0.25) is 9.59 Å². The van der Waals surface area contributed by atoms with E-state index >= 15 is 0 Å². The molecule has 2 N–H and O–H groups in total. The summed E-state index contributed by atoms with van der Waals surface area (Å²) in [5.74, 6) is 0.156. The highest BCUT2D eigenvalue weighted by molar-refractivity contribution is 6.03. The molecule has 1 amide bonds. The van der Waals surface area contributed by atoms with Gasteiger partial charge in [-0.1, -0.05) is 0 Å². The molecule has 1 aromatic heterocycles. The summed E-state index contributed by atoms with van der Waals surface area (Å²) in [6.45, 7) is 1.50. The van der Waals surface area contributed by atoms with E-state index < -0.39 is 0 Å². The molecule has 3 rings (SSSR count). The first-order valence-corrected chi connectivity index (χ1v) is 7.14. The first-order valence-electron chi connectivity index (χ1n) is 7.14. The first-order chi connectivity index (χ1) is 10.6. The van der Waals surface area contributed by atoms with Crippen molar-refractivity contribution in [1.82, 2.24) is 9.97 Å². The highest BCUT2D eigenvalue weighted by atomic mass is 16.2. The van der Waals surface area contributed by atoms with Gasteiger partial charge in [0, 0.05) is 23.5 Å². The highest BCUT2D eigenvalue weighted by Crippen LogP contribution is 2.22. The van der Waals surface area contributed by atoms with Crippen LogP contribution in [0, 0.1) is 0 Å². The quantitative estimate of drug-likeness (QED) is 0.828. The number of ketones is 1. The van der Waals surface area contributed by atoms with Gasteiger partial charge in [0.05, 0.1) is 0 Å². The summed E-state index contributed by atoms with van der Waals surface area (Å²) in [5.41, 5.74) is 1.52. The first kappa shape index (κ1) is 14.2. The minimum atomic E-state index is -0.308. The number of hydrogen-bond acceptors (Lipinski definition) is 5. The molecule has 1 saturated carbocycles. The van der Waals surface area contributed by atoms with Gasteiger partial charge in [-0.05, 0) is 50.1 Å². The van der Waals surface area contributed by atoms with E-state index in [1.54, 1.807) is 36.5 Å². The van der Waals surface area contributed by atoms with E-state index in [1.165, 1.54) is 6.92 Å². The number of nitrogens with one attached hydrogen (secondary N) is 2. The zero-order valence-electron chi connectivity index (χ0n) is 12.2. The summed E-state index contributed by atoms with van der Waals surface area (Å²) < 4.78 is 0. The Morgan fingerprint density at radius 3 is 2.50 bits per heavy atom. The Morgan fingerprint density at radius 2 is 1.86 bits per heavy atom. The molecule has 0 spiro atoms. The zero-order valence-corrected chi connectivity index (χ0v) is 12.2. The number of Topliss-reactive ketones (excluding diaryl/α,β-unsaturated/α-hetero) is 1. The van der Waals surface area contributed by atoms with Crippen molar-refractivity contribution < 1.29 is 9.59 Å². The molecule has 0 unspecified atom stereocenters. The van der Waals surface area contributed by atoms with Gasteiger partial charge in [-0.25, -0.2) is 9.97 Å². The second kappa shape index (κ2) is 5.93. The molecule has 1 aliphatic rings. The molecule has 1 aromatic carbocycles. The lowest BCUT2D eigenvalue weighted by Crippen LogP contribution is -2.15.